The molecule has 0 aromatic heterocycles. The molecule has 1 aliphatic rings. The van der Waals surface area contributed by atoms with E-state index in [1.807, 2.05) is 18.2 Å². The van der Waals surface area contributed by atoms with Gasteiger partial charge in [-0.3, -0.25) is 18.6 Å². The SMILES string of the molecule is CCCCC[C@H](O)/C=C/[C@@H]1[C@@H](C/C=C/CCCC(=O)O[C@H](COC(=O)CCCCCCCCCCC(C)CC)COP(=O)(O)OC[C@@H](O)CO)[C@@H](O)C[C@H]1O. The molecule has 0 radical (unpaired) electrons. The van der Waals surface area contributed by atoms with Crippen molar-refractivity contribution in [3.8, 4) is 0 Å². The Bertz CT molecular complexity index is 1100. The van der Waals surface area contributed by atoms with E-state index in [0.29, 0.717) is 32.1 Å². The van der Waals surface area contributed by atoms with E-state index in [4.69, 9.17) is 19.1 Å². The van der Waals surface area contributed by atoms with E-state index >= 15 is 0 Å². The van der Waals surface area contributed by atoms with Crippen molar-refractivity contribution in [2.75, 3.05) is 26.4 Å². The molecular weight excluding hydrogens is 731 g/mol. The van der Waals surface area contributed by atoms with Crippen LogP contribution in [0, 0.1) is 17.8 Å². The van der Waals surface area contributed by atoms with E-state index in [0.717, 1.165) is 44.4 Å². The first-order valence-electron chi connectivity index (χ1n) is 20.9. The Hall–Kier alpha value is -1.67. The summed E-state index contributed by atoms with van der Waals surface area (Å²) in [6, 6.07) is 0. The third kappa shape index (κ3) is 26.1. The third-order valence-corrected chi connectivity index (χ3v) is 11.2. The molecule has 1 fully saturated rings. The fraction of sp³-hybridized carbons (Fsp3) is 0.854. The highest BCUT2D eigenvalue weighted by Gasteiger charge is 2.39. The number of aliphatic hydroxyl groups excluding tert-OH is 5. The van der Waals surface area contributed by atoms with Crippen LogP contribution in [0.4, 0.5) is 0 Å². The number of allylic oxidation sites excluding steroid dienone is 2. The van der Waals surface area contributed by atoms with E-state index in [2.05, 4.69) is 25.3 Å². The van der Waals surface area contributed by atoms with Gasteiger partial charge in [0.25, 0.3) is 0 Å². The van der Waals surface area contributed by atoms with Gasteiger partial charge in [0.2, 0.25) is 0 Å². The average molecular weight is 807 g/mol. The lowest BCUT2D eigenvalue weighted by atomic mass is 9.89. The summed E-state index contributed by atoms with van der Waals surface area (Å²) in [6.07, 6.45) is 19.7. The predicted molar refractivity (Wildman–Crippen MR) is 212 cm³/mol. The molecule has 9 atom stereocenters. The van der Waals surface area contributed by atoms with Crippen LogP contribution in [-0.2, 0) is 32.7 Å². The van der Waals surface area contributed by atoms with Gasteiger partial charge in [-0.15, -0.1) is 0 Å². The van der Waals surface area contributed by atoms with E-state index < -0.39 is 70.1 Å². The highest BCUT2D eigenvalue weighted by atomic mass is 31.2. The Kier molecular flexibility index (Phi) is 29.3. The zero-order valence-corrected chi connectivity index (χ0v) is 34.8. The zero-order chi connectivity index (χ0) is 40.9. The van der Waals surface area contributed by atoms with Gasteiger partial charge in [-0.2, -0.15) is 0 Å². The van der Waals surface area contributed by atoms with Gasteiger partial charge >= 0.3 is 19.8 Å². The van der Waals surface area contributed by atoms with Gasteiger partial charge in [0.15, 0.2) is 6.10 Å². The molecule has 0 spiro atoms. The lowest BCUT2D eigenvalue weighted by molar-refractivity contribution is -0.161. The number of esters is 2. The molecule has 1 rings (SSSR count). The van der Waals surface area contributed by atoms with Crippen molar-refractivity contribution < 1.29 is 63.1 Å². The number of hydrogen-bond donors (Lipinski definition) is 6. The molecule has 14 heteroatoms. The topological polar surface area (TPSA) is 210 Å². The monoisotopic (exact) mass is 806 g/mol. The lowest BCUT2D eigenvalue weighted by Crippen LogP contribution is -2.29. The minimum Gasteiger partial charge on any atom is -0.462 e. The van der Waals surface area contributed by atoms with E-state index in [9.17, 15) is 39.5 Å². The molecule has 2 unspecified atom stereocenters. The molecule has 0 heterocycles. The Labute approximate surface area is 330 Å². The number of unbranched alkanes of at least 4 members (excludes halogenated alkanes) is 10. The number of phosphoric ester groups is 1. The van der Waals surface area contributed by atoms with Gasteiger partial charge in [-0.05, 0) is 43.9 Å². The first-order valence-corrected chi connectivity index (χ1v) is 22.4. The molecule has 322 valence electrons. The minimum atomic E-state index is -4.68. The van der Waals surface area contributed by atoms with Gasteiger partial charge in [-0.25, -0.2) is 4.57 Å². The number of phosphoric acid groups is 1. The number of carbonyl (C=O) groups excluding carboxylic acids is 2. The second kappa shape index (κ2) is 31.3. The standard InChI is InChI=1S/C41H75O13P/c1-4-6-15-21-33(43)25-26-37-36(38(45)27-39(37)46)22-17-13-14-19-24-41(48)54-35(31-53-55(49,50)52-29-34(44)28-42)30-51-40(47)23-18-12-10-8-7-9-11-16-20-32(3)5-2/h13,17,25-26,32-39,42-46H,4-12,14-16,18-24,27-31H2,1-3H3,(H,49,50)/b17-13+,26-25+/t32?,33-,34-,35+,36+,37+,38-,39+/m0/s1. The summed E-state index contributed by atoms with van der Waals surface area (Å²) in [4.78, 5) is 35.1. The summed E-state index contributed by atoms with van der Waals surface area (Å²) >= 11 is 0. The predicted octanol–water partition coefficient (Wildman–Crippen LogP) is 6.85. The largest absolute Gasteiger partial charge is 0.472 e. The van der Waals surface area contributed by atoms with Crippen LogP contribution in [-0.4, -0.2) is 99.3 Å². The highest BCUT2D eigenvalue weighted by molar-refractivity contribution is 7.47. The van der Waals surface area contributed by atoms with Crippen molar-refractivity contribution in [2.45, 2.75) is 180 Å². The summed E-state index contributed by atoms with van der Waals surface area (Å²) in [5.74, 6) is -0.781. The number of ether oxygens (including phenoxy) is 2. The summed E-state index contributed by atoms with van der Waals surface area (Å²) in [5.41, 5.74) is 0. The van der Waals surface area contributed by atoms with E-state index in [1.54, 1.807) is 6.08 Å². The normalized spacial score (nSPS) is 22.1. The van der Waals surface area contributed by atoms with Crippen LogP contribution >= 0.6 is 7.82 Å². The van der Waals surface area contributed by atoms with Crippen molar-refractivity contribution in [3.63, 3.8) is 0 Å². The molecule has 0 aliphatic heterocycles. The van der Waals surface area contributed by atoms with E-state index in [-0.39, 0.29) is 37.7 Å². The third-order valence-electron chi connectivity index (χ3n) is 10.2. The molecule has 0 aromatic rings. The second-order valence-electron chi connectivity index (χ2n) is 15.2. The Morgan fingerprint density at radius 3 is 2.11 bits per heavy atom. The first kappa shape index (κ1) is 51.3. The van der Waals surface area contributed by atoms with Gasteiger partial charge in [0.05, 0.1) is 38.1 Å². The van der Waals surface area contributed by atoms with Gasteiger partial charge in [0, 0.05) is 25.2 Å². The molecule has 55 heavy (non-hydrogen) atoms. The van der Waals surface area contributed by atoms with Crippen LogP contribution in [0.25, 0.3) is 0 Å². The first-order chi connectivity index (χ1) is 26.3. The van der Waals surface area contributed by atoms with Crippen LogP contribution in [0.2, 0.25) is 0 Å². The molecule has 1 aliphatic carbocycles. The maximum Gasteiger partial charge on any atom is 0.472 e. The second-order valence-corrected chi connectivity index (χ2v) is 16.7. The Morgan fingerprint density at radius 1 is 0.800 bits per heavy atom. The fourth-order valence-electron chi connectivity index (χ4n) is 6.49. The maximum atomic E-state index is 12.7. The minimum absolute atomic E-state index is 0.00861. The number of hydrogen-bond acceptors (Lipinski definition) is 12. The van der Waals surface area contributed by atoms with Crippen LogP contribution in [0.1, 0.15) is 149 Å². The van der Waals surface area contributed by atoms with E-state index in [1.165, 1.54) is 38.5 Å². The molecule has 13 nitrogen and oxygen atoms in total. The number of carbonyl (C=O) groups is 2. The summed E-state index contributed by atoms with van der Waals surface area (Å²) in [6.45, 7) is 4.29. The highest BCUT2D eigenvalue weighted by Crippen LogP contribution is 2.43. The number of aliphatic hydroxyl groups is 5. The van der Waals surface area contributed by atoms with Gasteiger partial charge < -0.3 is 39.9 Å². The quantitative estimate of drug-likeness (QED) is 0.0170. The summed E-state index contributed by atoms with van der Waals surface area (Å²) in [7, 11) is -4.68. The van der Waals surface area contributed by atoms with Crippen molar-refractivity contribution in [1.82, 2.24) is 0 Å². The van der Waals surface area contributed by atoms with Gasteiger partial charge in [-0.1, -0.05) is 122 Å². The Balaban J connectivity index is 2.53. The van der Waals surface area contributed by atoms with Crippen molar-refractivity contribution >= 4 is 19.8 Å². The average Bonchev–Trinajstić information content (AvgIpc) is 3.43. The molecule has 6 N–H and O–H groups in total. The van der Waals surface area contributed by atoms with Crippen molar-refractivity contribution in [1.29, 1.82) is 0 Å². The van der Waals surface area contributed by atoms with Gasteiger partial charge in [0.1, 0.15) is 12.7 Å². The molecule has 0 bridgehead atoms. The molecule has 0 aromatic carbocycles. The van der Waals surface area contributed by atoms with Crippen LogP contribution in [0.3, 0.4) is 0 Å². The van der Waals surface area contributed by atoms with Crippen molar-refractivity contribution in [3.05, 3.63) is 24.3 Å². The Morgan fingerprint density at radius 2 is 1.44 bits per heavy atom. The van der Waals surface area contributed by atoms with Crippen LogP contribution < -0.4 is 0 Å². The summed E-state index contributed by atoms with van der Waals surface area (Å²) < 4.78 is 32.6. The molecule has 0 saturated heterocycles. The fourth-order valence-corrected chi connectivity index (χ4v) is 7.28. The smallest absolute Gasteiger partial charge is 0.462 e. The maximum absolute atomic E-state index is 12.7. The lowest BCUT2D eigenvalue weighted by Gasteiger charge is -2.20. The molecular formula is C41H75O13P. The summed E-state index contributed by atoms with van der Waals surface area (Å²) in [5, 5.41) is 49.6. The zero-order valence-electron chi connectivity index (χ0n) is 33.9. The van der Waals surface area contributed by atoms with Crippen molar-refractivity contribution in [2.24, 2.45) is 17.8 Å². The number of rotatable bonds is 34. The molecule has 1 saturated carbocycles. The molecule has 0 amide bonds. The van der Waals surface area contributed by atoms with Crippen LogP contribution in [0.5, 0.6) is 0 Å². The van der Waals surface area contributed by atoms with Crippen LogP contribution in [0.15, 0.2) is 24.3 Å².